The summed E-state index contributed by atoms with van der Waals surface area (Å²) in [7, 11) is 1.98. The van der Waals surface area contributed by atoms with Crippen LogP contribution in [0.25, 0.3) is 22.2 Å². The fourth-order valence-electron chi connectivity index (χ4n) is 4.29. The van der Waals surface area contributed by atoms with Crippen LogP contribution in [0.4, 0.5) is 0 Å². The van der Waals surface area contributed by atoms with E-state index in [-0.39, 0.29) is 5.91 Å². The number of fused-ring (bicyclic) bond motifs is 1. The summed E-state index contributed by atoms with van der Waals surface area (Å²) in [6, 6.07) is 16.3. The number of likely N-dealkylation sites (tertiary alicyclic amines) is 1. The minimum atomic E-state index is 0.124. The first kappa shape index (κ1) is 19.6. The molecule has 1 amide bonds. The van der Waals surface area contributed by atoms with Gasteiger partial charge >= 0.3 is 0 Å². The maximum absolute atomic E-state index is 13.6. The van der Waals surface area contributed by atoms with Crippen LogP contribution in [-0.4, -0.2) is 42.5 Å². The predicted molar refractivity (Wildman–Crippen MR) is 119 cm³/mol. The van der Waals surface area contributed by atoms with Crippen molar-refractivity contribution in [1.29, 1.82) is 0 Å². The molecule has 2 aromatic carbocycles. The van der Waals surface area contributed by atoms with Crippen molar-refractivity contribution in [2.24, 2.45) is 5.92 Å². The van der Waals surface area contributed by atoms with E-state index >= 15 is 0 Å². The number of amides is 1. The van der Waals surface area contributed by atoms with Crippen LogP contribution >= 0.6 is 0 Å². The number of carbonyl (C=O) groups excluding carboxylic acids is 1. The molecule has 1 aliphatic heterocycles. The van der Waals surface area contributed by atoms with E-state index in [0.717, 1.165) is 53.8 Å². The molecule has 0 bridgehead atoms. The minimum Gasteiger partial charge on any atom is -0.338 e. The van der Waals surface area contributed by atoms with E-state index in [2.05, 4.69) is 31.3 Å². The first-order valence-electron chi connectivity index (χ1n) is 10.5. The summed E-state index contributed by atoms with van der Waals surface area (Å²) in [5.41, 5.74) is 5.93. The standard InChI is InChI=1S/C25H29N3O/c1-17-12-21-22(25(29)28-11-7-8-19(16-28)15-26-3)14-23(20-9-5-4-6-10-20)27-24(21)13-18(17)2/h4-6,9-10,12-14,19,26H,7-8,11,15-16H2,1-3H3. The smallest absolute Gasteiger partial charge is 0.254 e. The van der Waals surface area contributed by atoms with Gasteiger partial charge in [-0.05, 0) is 75.5 Å². The maximum Gasteiger partial charge on any atom is 0.254 e. The second kappa shape index (κ2) is 8.34. The molecule has 1 saturated heterocycles. The highest BCUT2D eigenvalue weighted by Gasteiger charge is 2.26. The van der Waals surface area contributed by atoms with E-state index in [1.54, 1.807) is 0 Å². The Hall–Kier alpha value is -2.72. The fraction of sp³-hybridized carbons (Fsp3) is 0.360. The highest BCUT2D eigenvalue weighted by atomic mass is 16.2. The van der Waals surface area contributed by atoms with E-state index in [1.165, 1.54) is 17.5 Å². The van der Waals surface area contributed by atoms with Gasteiger partial charge in [0.1, 0.15) is 0 Å². The van der Waals surface area contributed by atoms with Crippen molar-refractivity contribution in [3.8, 4) is 11.3 Å². The monoisotopic (exact) mass is 387 g/mol. The number of carbonyl (C=O) groups is 1. The van der Waals surface area contributed by atoms with E-state index in [9.17, 15) is 4.79 Å². The molecule has 4 rings (SSSR count). The third kappa shape index (κ3) is 4.03. The van der Waals surface area contributed by atoms with Gasteiger partial charge in [-0.2, -0.15) is 0 Å². The van der Waals surface area contributed by atoms with Crippen LogP contribution in [0.5, 0.6) is 0 Å². The maximum atomic E-state index is 13.6. The largest absolute Gasteiger partial charge is 0.338 e. The van der Waals surface area contributed by atoms with Crippen molar-refractivity contribution in [2.45, 2.75) is 26.7 Å². The van der Waals surface area contributed by atoms with Crippen molar-refractivity contribution in [2.75, 3.05) is 26.7 Å². The Morgan fingerprint density at radius 2 is 1.90 bits per heavy atom. The molecule has 29 heavy (non-hydrogen) atoms. The van der Waals surface area contributed by atoms with Gasteiger partial charge in [-0.25, -0.2) is 4.98 Å². The number of nitrogens with one attached hydrogen (secondary N) is 1. The van der Waals surface area contributed by atoms with Crippen LogP contribution < -0.4 is 5.32 Å². The first-order chi connectivity index (χ1) is 14.1. The summed E-state index contributed by atoms with van der Waals surface area (Å²) >= 11 is 0. The summed E-state index contributed by atoms with van der Waals surface area (Å²) in [5.74, 6) is 0.641. The van der Waals surface area contributed by atoms with Gasteiger partial charge < -0.3 is 10.2 Å². The van der Waals surface area contributed by atoms with Gasteiger partial charge in [0.05, 0.1) is 16.8 Å². The Labute approximate surface area is 173 Å². The predicted octanol–water partition coefficient (Wildman–Crippen LogP) is 4.59. The van der Waals surface area contributed by atoms with Crippen LogP contribution in [0.1, 0.15) is 34.3 Å². The fourth-order valence-corrected chi connectivity index (χ4v) is 4.29. The van der Waals surface area contributed by atoms with E-state index in [0.29, 0.717) is 5.92 Å². The summed E-state index contributed by atoms with van der Waals surface area (Å²) in [6.07, 6.45) is 2.24. The Bertz CT molecular complexity index is 1030. The summed E-state index contributed by atoms with van der Waals surface area (Å²) < 4.78 is 0. The molecule has 1 fully saturated rings. The molecular formula is C25H29N3O. The number of hydrogen-bond donors (Lipinski definition) is 1. The Morgan fingerprint density at radius 1 is 1.14 bits per heavy atom. The topological polar surface area (TPSA) is 45.2 Å². The van der Waals surface area contributed by atoms with Gasteiger partial charge in [-0.3, -0.25) is 4.79 Å². The summed E-state index contributed by atoms with van der Waals surface area (Å²) in [4.78, 5) is 20.6. The zero-order chi connectivity index (χ0) is 20.4. The van der Waals surface area contributed by atoms with Gasteiger partial charge in [0.25, 0.3) is 5.91 Å². The third-order valence-corrected chi connectivity index (χ3v) is 6.02. The Balaban J connectivity index is 1.81. The van der Waals surface area contributed by atoms with E-state index in [4.69, 9.17) is 4.98 Å². The molecule has 2 heterocycles. The van der Waals surface area contributed by atoms with Crippen LogP contribution in [0.2, 0.25) is 0 Å². The second-order valence-electron chi connectivity index (χ2n) is 8.19. The molecule has 1 N–H and O–H groups in total. The minimum absolute atomic E-state index is 0.124. The summed E-state index contributed by atoms with van der Waals surface area (Å²) in [5, 5.41) is 4.21. The molecule has 3 aromatic rings. The van der Waals surface area contributed by atoms with Crippen LogP contribution in [0.3, 0.4) is 0 Å². The number of rotatable bonds is 4. The molecule has 0 saturated carbocycles. The molecular weight excluding hydrogens is 358 g/mol. The lowest BCUT2D eigenvalue weighted by atomic mass is 9.95. The highest BCUT2D eigenvalue weighted by molar-refractivity contribution is 6.07. The lowest BCUT2D eigenvalue weighted by Gasteiger charge is -2.33. The number of nitrogens with zero attached hydrogens (tertiary/aromatic N) is 2. The molecule has 4 heteroatoms. The highest BCUT2D eigenvalue weighted by Crippen LogP contribution is 2.29. The molecule has 1 aromatic heterocycles. The van der Waals surface area contributed by atoms with Gasteiger partial charge in [-0.1, -0.05) is 30.3 Å². The van der Waals surface area contributed by atoms with Crippen molar-refractivity contribution in [3.05, 3.63) is 65.2 Å². The van der Waals surface area contributed by atoms with Gasteiger partial charge in [0.15, 0.2) is 0 Å². The molecule has 1 atom stereocenters. The average Bonchev–Trinajstić information content (AvgIpc) is 2.74. The number of benzene rings is 2. The molecule has 4 nitrogen and oxygen atoms in total. The van der Waals surface area contributed by atoms with E-state index < -0.39 is 0 Å². The normalized spacial score (nSPS) is 16.9. The van der Waals surface area contributed by atoms with Crippen molar-refractivity contribution in [1.82, 2.24) is 15.2 Å². The quantitative estimate of drug-likeness (QED) is 0.712. The Kier molecular flexibility index (Phi) is 5.63. The van der Waals surface area contributed by atoms with Gasteiger partial charge in [-0.15, -0.1) is 0 Å². The number of aromatic nitrogens is 1. The van der Waals surface area contributed by atoms with Gasteiger partial charge in [0, 0.05) is 24.0 Å². The SMILES string of the molecule is CNCC1CCCN(C(=O)c2cc(-c3ccccc3)nc3cc(C)c(C)cc23)C1. The first-order valence-corrected chi connectivity index (χ1v) is 10.5. The van der Waals surface area contributed by atoms with Crippen molar-refractivity contribution < 1.29 is 4.79 Å². The average molecular weight is 388 g/mol. The number of hydrogen-bond acceptors (Lipinski definition) is 3. The van der Waals surface area contributed by atoms with Crippen molar-refractivity contribution >= 4 is 16.8 Å². The van der Waals surface area contributed by atoms with E-state index in [1.807, 2.05) is 48.3 Å². The molecule has 0 spiro atoms. The molecule has 1 unspecified atom stereocenters. The van der Waals surface area contributed by atoms with Gasteiger partial charge in [0.2, 0.25) is 0 Å². The zero-order valence-corrected chi connectivity index (χ0v) is 17.5. The lowest BCUT2D eigenvalue weighted by Crippen LogP contribution is -2.42. The van der Waals surface area contributed by atoms with Crippen LogP contribution in [0, 0.1) is 19.8 Å². The third-order valence-electron chi connectivity index (χ3n) is 6.02. The van der Waals surface area contributed by atoms with Crippen molar-refractivity contribution in [3.63, 3.8) is 0 Å². The number of piperidine rings is 1. The number of pyridine rings is 1. The number of aryl methyl sites for hydroxylation is 2. The van der Waals surface area contributed by atoms with Crippen LogP contribution in [0.15, 0.2) is 48.5 Å². The lowest BCUT2D eigenvalue weighted by molar-refractivity contribution is 0.0676. The molecule has 0 radical (unpaired) electrons. The molecule has 150 valence electrons. The Morgan fingerprint density at radius 3 is 2.66 bits per heavy atom. The molecule has 0 aliphatic carbocycles. The molecule has 1 aliphatic rings. The summed E-state index contributed by atoms with van der Waals surface area (Å²) in [6.45, 7) is 6.79. The second-order valence-corrected chi connectivity index (χ2v) is 8.19. The zero-order valence-electron chi connectivity index (χ0n) is 17.5. The van der Waals surface area contributed by atoms with Crippen LogP contribution in [-0.2, 0) is 0 Å².